The summed E-state index contributed by atoms with van der Waals surface area (Å²) in [5, 5.41) is 2.84. The van der Waals surface area contributed by atoms with Gasteiger partial charge in [-0.25, -0.2) is 4.98 Å². The molecule has 7 nitrogen and oxygen atoms in total. The van der Waals surface area contributed by atoms with Gasteiger partial charge in [0, 0.05) is 38.6 Å². The van der Waals surface area contributed by atoms with Crippen LogP contribution in [0.5, 0.6) is 0 Å². The Morgan fingerprint density at radius 3 is 2.82 bits per heavy atom. The van der Waals surface area contributed by atoms with Crippen molar-refractivity contribution in [1.29, 1.82) is 0 Å². The first-order valence-corrected chi connectivity index (χ1v) is 8.63. The van der Waals surface area contributed by atoms with E-state index in [2.05, 4.69) is 15.3 Å². The molecule has 0 aliphatic carbocycles. The average molecular weight is 422 g/mol. The van der Waals surface area contributed by atoms with Crippen LogP contribution in [0.3, 0.4) is 0 Å². The smallest absolute Gasteiger partial charge is 0.372 e. The van der Waals surface area contributed by atoms with Crippen LogP contribution >= 0.6 is 12.4 Å². The van der Waals surface area contributed by atoms with E-state index >= 15 is 0 Å². The fraction of sp³-hybridized carbons (Fsp3) is 0.529. The molecular weight excluding hydrogens is 399 g/mol. The number of fused-ring (bicyclic) bond motifs is 1. The highest BCUT2D eigenvalue weighted by atomic mass is 35.5. The molecule has 156 valence electrons. The molecule has 2 aromatic rings. The number of hydrogen-bond donors (Lipinski definition) is 3. The molecule has 2 atom stereocenters. The number of carbonyl (C=O) groups is 1. The van der Waals surface area contributed by atoms with Crippen molar-refractivity contribution in [2.24, 2.45) is 5.73 Å². The number of alkyl halides is 3. The summed E-state index contributed by atoms with van der Waals surface area (Å²) in [5.74, 6) is -0.461. The number of pyridine rings is 1. The van der Waals surface area contributed by atoms with E-state index in [9.17, 15) is 18.0 Å². The Hall–Kier alpha value is -2.04. The van der Waals surface area contributed by atoms with Crippen molar-refractivity contribution in [3.05, 3.63) is 18.0 Å². The van der Waals surface area contributed by atoms with Gasteiger partial charge in [0.1, 0.15) is 11.8 Å². The number of carbonyl (C=O) groups excluding carboxylic acids is 1. The van der Waals surface area contributed by atoms with Gasteiger partial charge in [0.15, 0.2) is 0 Å². The molecule has 0 spiro atoms. The number of nitrogens with two attached hydrogens (primary N) is 1. The van der Waals surface area contributed by atoms with E-state index in [-0.39, 0.29) is 40.9 Å². The van der Waals surface area contributed by atoms with E-state index in [0.717, 1.165) is 12.6 Å². The Morgan fingerprint density at radius 2 is 2.21 bits per heavy atom. The zero-order chi connectivity index (χ0) is 19.8. The summed E-state index contributed by atoms with van der Waals surface area (Å²) in [4.78, 5) is 20.5. The number of H-pyrrole nitrogens is 1. The summed E-state index contributed by atoms with van der Waals surface area (Å²) in [6.45, 7) is 2.30. The van der Waals surface area contributed by atoms with Crippen LogP contribution in [0.4, 0.5) is 24.5 Å². The predicted molar refractivity (Wildman–Crippen MR) is 103 cm³/mol. The van der Waals surface area contributed by atoms with Crippen molar-refractivity contribution in [3.8, 4) is 0 Å². The lowest BCUT2D eigenvalue weighted by Crippen LogP contribution is -2.43. The maximum atomic E-state index is 13.7. The highest BCUT2D eigenvalue weighted by molar-refractivity contribution is 6.08. The van der Waals surface area contributed by atoms with E-state index in [4.69, 9.17) is 10.5 Å². The zero-order valence-electron chi connectivity index (χ0n) is 15.5. The second-order valence-electron chi connectivity index (χ2n) is 6.66. The molecule has 1 aliphatic rings. The number of methoxy groups -OCH3 is 1. The predicted octanol–water partition coefficient (Wildman–Crippen LogP) is 2.90. The minimum absolute atomic E-state index is 0. The monoisotopic (exact) mass is 421 g/mol. The molecule has 1 amide bonds. The number of nitrogens with one attached hydrogen (secondary N) is 2. The summed E-state index contributed by atoms with van der Waals surface area (Å²) in [6.07, 6.45) is -1.64. The first-order chi connectivity index (χ1) is 12.7. The largest absolute Gasteiger partial charge is 0.419 e. The van der Waals surface area contributed by atoms with E-state index in [1.807, 2.05) is 0 Å². The minimum atomic E-state index is -4.59. The molecule has 3 rings (SSSR count). The second-order valence-corrected chi connectivity index (χ2v) is 6.66. The van der Waals surface area contributed by atoms with Gasteiger partial charge in [0.2, 0.25) is 0 Å². The fourth-order valence-corrected chi connectivity index (χ4v) is 3.27. The molecule has 0 aromatic carbocycles. The summed E-state index contributed by atoms with van der Waals surface area (Å²) in [6, 6.07) is -0.214. The first-order valence-electron chi connectivity index (χ1n) is 8.63. The van der Waals surface area contributed by atoms with Gasteiger partial charge in [-0.1, -0.05) is 0 Å². The summed E-state index contributed by atoms with van der Waals surface area (Å²) in [7, 11) is 1.38. The van der Waals surface area contributed by atoms with E-state index < -0.39 is 23.8 Å². The molecule has 2 aromatic heterocycles. The molecule has 1 fully saturated rings. The Labute approximate surface area is 166 Å². The number of ether oxygens (including phenoxy) is 1. The number of rotatable bonds is 4. The lowest BCUT2D eigenvalue weighted by molar-refractivity contribution is -0.137. The van der Waals surface area contributed by atoms with Gasteiger partial charge in [0.25, 0.3) is 5.91 Å². The van der Waals surface area contributed by atoms with Gasteiger partial charge in [-0.3, -0.25) is 4.79 Å². The van der Waals surface area contributed by atoms with E-state index in [1.54, 1.807) is 11.8 Å². The second kappa shape index (κ2) is 8.54. The van der Waals surface area contributed by atoms with E-state index in [0.29, 0.717) is 19.5 Å². The molecule has 1 saturated heterocycles. The van der Waals surface area contributed by atoms with Gasteiger partial charge in [-0.2, -0.15) is 13.2 Å². The third kappa shape index (κ3) is 4.34. The lowest BCUT2D eigenvalue weighted by Gasteiger charge is -2.34. The number of hydrogen-bond acceptors (Lipinski definition) is 5. The molecule has 3 heterocycles. The van der Waals surface area contributed by atoms with Gasteiger partial charge >= 0.3 is 6.18 Å². The lowest BCUT2D eigenvalue weighted by atomic mass is 10.0. The molecule has 0 saturated carbocycles. The van der Waals surface area contributed by atoms with Crippen molar-refractivity contribution >= 4 is 40.7 Å². The summed E-state index contributed by atoms with van der Waals surface area (Å²) >= 11 is 0. The average Bonchev–Trinajstić information content (AvgIpc) is 3.02. The molecule has 4 N–H and O–H groups in total. The summed E-state index contributed by atoms with van der Waals surface area (Å²) < 4.78 is 46.1. The minimum Gasteiger partial charge on any atom is -0.372 e. The quantitative estimate of drug-likeness (QED) is 0.705. The van der Waals surface area contributed by atoms with Crippen molar-refractivity contribution in [3.63, 3.8) is 0 Å². The Balaban J connectivity index is 0.00000280. The fourth-order valence-electron chi connectivity index (χ4n) is 3.27. The number of nitrogens with zero attached hydrogens (tertiary/aromatic N) is 2. The number of piperidine rings is 1. The van der Waals surface area contributed by atoms with Crippen molar-refractivity contribution in [2.75, 3.05) is 30.4 Å². The number of anilines is 2. The molecule has 1 unspecified atom stereocenters. The van der Waals surface area contributed by atoms with Gasteiger partial charge in [-0.05, 0) is 19.8 Å². The van der Waals surface area contributed by atoms with Crippen molar-refractivity contribution in [2.45, 2.75) is 38.1 Å². The normalized spacial score (nSPS) is 18.6. The zero-order valence-corrected chi connectivity index (χ0v) is 16.3. The van der Waals surface area contributed by atoms with Crippen LogP contribution in [0.25, 0.3) is 11.0 Å². The Bertz CT molecular complexity index is 842. The number of halogens is 4. The third-order valence-electron chi connectivity index (χ3n) is 4.73. The summed E-state index contributed by atoms with van der Waals surface area (Å²) in [5.41, 5.74) is 5.62. The topological polar surface area (TPSA) is 96.3 Å². The third-order valence-corrected chi connectivity index (χ3v) is 4.73. The highest BCUT2D eigenvalue weighted by Crippen LogP contribution is 2.43. The highest BCUT2D eigenvalue weighted by Gasteiger charge is 2.38. The van der Waals surface area contributed by atoms with Gasteiger partial charge in [0.05, 0.1) is 22.3 Å². The maximum absolute atomic E-state index is 13.7. The Kier molecular flexibility index (Phi) is 6.79. The standard InChI is InChI=1S/C17H22F3N5O2.ClH/c1-9(27-2)16(26)24-12-7-23-15-13(12)14(11(6-22-15)17(18,19)20)25-5-3-4-10(21)8-25;/h6-7,9-10H,3-5,8,21H2,1-2H3,(H,22,23)(H,24,26);1H/t9?,10-;/m1./s1. The number of aromatic nitrogens is 2. The van der Waals surface area contributed by atoms with Crippen LogP contribution in [0.2, 0.25) is 0 Å². The molecule has 1 aliphatic heterocycles. The van der Waals surface area contributed by atoms with Crippen LogP contribution in [0.15, 0.2) is 12.4 Å². The number of amides is 1. The first kappa shape index (κ1) is 22.3. The molecular formula is C17H23ClF3N5O2. The van der Waals surface area contributed by atoms with Crippen LogP contribution in [0.1, 0.15) is 25.3 Å². The number of aromatic amines is 1. The van der Waals surface area contributed by atoms with Crippen molar-refractivity contribution < 1.29 is 22.7 Å². The Morgan fingerprint density at radius 1 is 1.50 bits per heavy atom. The van der Waals surface area contributed by atoms with Crippen molar-refractivity contribution in [1.82, 2.24) is 9.97 Å². The molecule has 0 bridgehead atoms. The molecule has 28 heavy (non-hydrogen) atoms. The van der Waals surface area contributed by atoms with Crippen LogP contribution in [-0.4, -0.2) is 48.2 Å². The van der Waals surface area contributed by atoms with Gasteiger partial charge in [-0.15, -0.1) is 12.4 Å². The maximum Gasteiger partial charge on any atom is 0.419 e. The van der Waals surface area contributed by atoms with Crippen LogP contribution in [0, 0.1) is 0 Å². The van der Waals surface area contributed by atoms with E-state index in [1.165, 1.54) is 13.3 Å². The SMILES string of the molecule is COC(C)C(=O)Nc1c[nH]c2ncc(C(F)(F)F)c(N3CCC[C@@H](N)C3)c12.Cl. The molecule has 0 radical (unpaired) electrons. The van der Waals surface area contributed by atoms with Crippen LogP contribution < -0.4 is 16.0 Å². The van der Waals surface area contributed by atoms with Gasteiger partial charge < -0.3 is 25.7 Å². The molecule has 11 heteroatoms. The van der Waals surface area contributed by atoms with Crippen LogP contribution in [-0.2, 0) is 15.7 Å².